The molecule has 0 bridgehead atoms. The first-order chi connectivity index (χ1) is 9.19. The van der Waals surface area contributed by atoms with Gasteiger partial charge in [-0.1, -0.05) is 0 Å². The Labute approximate surface area is 119 Å². The molecule has 0 aliphatic carbocycles. The molecule has 1 fully saturated rings. The van der Waals surface area contributed by atoms with Crippen molar-refractivity contribution in [3.63, 3.8) is 0 Å². The lowest BCUT2D eigenvalue weighted by atomic mass is 9.92. The number of ether oxygens (including phenoxy) is 1. The number of carbonyl (C=O) groups excluding carboxylic acids is 1. The number of rotatable bonds is 3. The predicted octanol–water partition coefficient (Wildman–Crippen LogP) is 1.86. The van der Waals surface area contributed by atoms with E-state index in [1.807, 2.05) is 20.8 Å². The number of aliphatic hydroxyl groups is 1. The van der Waals surface area contributed by atoms with E-state index < -0.39 is 17.7 Å². The standard InChI is InChI=1S/C14H25NO5/c1-14(2,3)20-13(19)15-8-6-10(4-5-12(17)18)11(16)7-9-15/h10-11,16H,4-9H2,1-3H3,(H,17,18). The van der Waals surface area contributed by atoms with Crippen LogP contribution in [0.5, 0.6) is 0 Å². The molecule has 0 aromatic heterocycles. The highest BCUT2D eigenvalue weighted by molar-refractivity contribution is 5.68. The van der Waals surface area contributed by atoms with E-state index in [-0.39, 0.29) is 18.4 Å². The molecule has 2 atom stereocenters. The molecule has 2 N–H and O–H groups in total. The van der Waals surface area contributed by atoms with E-state index in [1.54, 1.807) is 4.90 Å². The van der Waals surface area contributed by atoms with Crippen LogP contribution in [0.15, 0.2) is 0 Å². The van der Waals surface area contributed by atoms with Crippen LogP contribution < -0.4 is 0 Å². The van der Waals surface area contributed by atoms with Gasteiger partial charge in [0.05, 0.1) is 6.10 Å². The number of hydrogen-bond acceptors (Lipinski definition) is 4. The third kappa shape index (κ3) is 5.77. The lowest BCUT2D eigenvalue weighted by Gasteiger charge is -2.26. The van der Waals surface area contributed by atoms with Crippen molar-refractivity contribution in [3.05, 3.63) is 0 Å². The Balaban J connectivity index is 2.52. The molecule has 1 aliphatic rings. The highest BCUT2D eigenvalue weighted by Gasteiger charge is 2.29. The van der Waals surface area contributed by atoms with Crippen LogP contribution >= 0.6 is 0 Å². The second kappa shape index (κ2) is 6.92. The van der Waals surface area contributed by atoms with Crippen molar-refractivity contribution in [2.24, 2.45) is 5.92 Å². The fourth-order valence-electron chi connectivity index (χ4n) is 2.30. The van der Waals surface area contributed by atoms with Crippen LogP contribution in [0.2, 0.25) is 0 Å². The molecule has 0 saturated carbocycles. The minimum atomic E-state index is -0.856. The summed E-state index contributed by atoms with van der Waals surface area (Å²) in [4.78, 5) is 24.2. The molecule has 1 heterocycles. The number of nitrogens with zero attached hydrogens (tertiary/aromatic N) is 1. The molecule has 6 heteroatoms. The second-order valence-electron chi connectivity index (χ2n) is 6.30. The second-order valence-corrected chi connectivity index (χ2v) is 6.30. The third-order valence-corrected chi connectivity index (χ3v) is 3.39. The van der Waals surface area contributed by atoms with Crippen LogP contribution in [-0.4, -0.2) is 52.0 Å². The normalized spacial score (nSPS) is 24.1. The van der Waals surface area contributed by atoms with Gasteiger partial charge in [0, 0.05) is 19.5 Å². The van der Waals surface area contributed by atoms with Gasteiger partial charge in [-0.25, -0.2) is 4.79 Å². The molecule has 1 rings (SSSR count). The van der Waals surface area contributed by atoms with Crippen molar-refractivity contribution >= 4 is 12.1 Å². The summed E-state index contributed by atoms with van der Waals surface area (Å²) in [6, 6.07) is 0. The minimum absolute atomic E-state index is 0.0498. The van der Waals surface area contributed by atoms with E-state index in [0.29, 0.717) is 32.4 Å². The Morgan fingerprint density at radius 3 is 2.40 bits per heavy atom. The van der Waals surface area contributed by atoms with E-state index in [9.17, 15) is 14.7 Å². The molecule has 0 aromatic rings. The van der Waals surface area contributed by atoms with Gasteiger partial charge < -0.3 is 19.8 Å². The third-order valence-electron chi connectivity index (χ3n) is 3.39. The van der Waals surface area contributed by atoms with Gasteiger partial charge in [-0.2, -0.15) is 0 Å². The predicted molar refractivity (Wildman–Crippen MR) is 73.4 cm³/mol. The van der Waals surface area contributed by atoms with Crippen LogP contribution in [0, 0.1) is 5.92 Å². The highest BCUT2D eigenvalue weighted by Crippen LogP contribution is 2.23. The summed E-state index contributed by atoms with van der Waals surface area (Å²) in [6.07, 6.45) is 0.634. The van der Waals surface area contributed by atoms with E-state index >= 15 is 0 Å². The van der Waals surface area contributed by atoms with Gasteiger partial charge in [0.15, 0.2) is 0 Å². The van der Waals surface area contributed by atoms with E-state index in [2.05, 4.69) is 0 Å². The van der Waals surface area contributed by atoms with Crippen LogP contribution in [0.1, 0.15) is 46.5 Å². The van der Waals surface area contributed by atoms with Gasteiger partial charge in [0.1, 0.15) is 5.60 Å². The van der Waals surface area contributed by atoms with Crippen molar-refractivity contribution < 1.29 is 24.5 Å². The van der Waals surface area contributed by atoms with Gasteiger partial charge in [-0.3, -0.25) is 4.79 Å². The maximum atomic E-state index is 12.0. The lowest BCUT2D eigenvalue weighted by Crippen LogP contribution is -2.37. The number of carbonyl (C=O) groups is 2. The molecule has 1 aliphatic heterocycles. The first-order valence-electron chi connectivity index (χ1n) is 7.07. The number of carboxylic acid groups (broad SMARTS) is 1. The van der Waals surface area contributed by atoms with Crippen molar-refractivity contribution in [3.8, 4) is 0 Å². The van der Waals surface area contributed by atoms with E-state index in [1.165, 1.54) is 0 Å². The van der Waals surface area contributed by atoms with Crippen molar-refractivity contribution in [1.82, 2.24) is 4.90 Å². The average Bonchev–Trinajstić information content (AvgIpc) is 2.46. The molecule has 0 radical (unpaired) electrons. The highest BCUT2D eigenvalue weighted by atomic mass is 16.6. The molecule has 2 unspecified atom stereocenters. The maximum Gasteiger partial charge on any atom is 0.410 e. The number of carboxylic acids is 1. The molecular weight excluding hydrogens is 262 g/mol. The molecule has 116 valence electrons. The smallest absolute Gasteiger partial charge is 0.410 e. The average molecular weight is 287 g/mol. The summed E-state index contributed by atoms with van der Waals surface area (Å²) in [7, 11) is 0. The van der Waals surface area contributed by atoms with Gasteiger partial charge in [-0.05, 0) is 46.0 Å². The maximum absolute atomic E-state index is 12.0. The number of aliphatic hydroxyl groups excluding tert-OH is 1. The quantitative estimate of drug-likeness (QED) is 0.827. The summed E-state index contributed by atoms with van der Waals surface area (Å²) < 4.78 is 5.31. The fourth-order valence-corrected chi connectivity index (χ4v) is 2.30. The van der Waals surface area contributed by atoms with Gasteiger partial charge in [0.2, 0.25) is 0 Å². The number of hydrogen-bond donors (Lipinski definition) is 2. The number of amides is 1. The first kappa shape index (κ1) is 16.8. The van der Waals surface area contributed by atoms with Crippen LogP contribution in [0.4, 0.5) is 4.79 Å². The van der Waals surface area contributed by atoms with Crippen LogP contribution in [0.25, 0.3) is 0 Å². The summed E-state index contributed by atoms with van der Waals surface area (Å²) in [6.45, 7) is 6.38. The van der Waals surface area contributed by atoms with Crippen molar-refractivity contribution in [2.75, 3.05) is 13.1 Å². The topological polar surface area (TPSA) is 87.1 Å². The van der Waals surface area contributed by atoms with Gasteiger partial charge >= 0.3 is 12.1 Å². The molecular formula is C14H25NO5. The Kier molecular flexibility index (Phi) is 5.80. The first-order valence-corrected chi connectivity index (χ1v) is 7.07. The zero-order valence-electron chi connectivity index (χ0n) is 12.5. The van der Waals surface area contributed by atoms with Crippen molar-refractivity contribution in [2.45, 2.75) is 58.2 Å². The van der Waals surface area contributed by atoms with Crippen molar-refractivity contribution in [1.29, 1.82) is 0 Å². The monoisotopic (exact) mass is 287 g/mol. The lowest BCUT2D eigenvalue weighted by molar-refractivity contribution is -0.137. The number of likely N-dealkylation sites (tertiary alicyclic amines) is 1. The Morgan fingerprint density at radius 2 is 1.85 bits per heavy atom. The Morgan fingerprint density at radius 1 is 1.25 bits per heavy atom. The SMILES string of the molecule is CC(C)(C)OC(=O)N1CCC(O)C(CCC(=O)O)CC1. The summed E-state index contributed by atoms with van der Waals surface area (Å²) in [5, 5.41) is 18.7. The molecule has 6 nitrogen and oxygen atoms in total. The molecule has 20 heavy (non-hydrogen) atoms. The van der Waals surface area contributed by atoms with Gasteiger partial charge in [0.25, 0.3) is 0 Å². The molecule has 1 saturated heterocycles. The Hall–Kier alpha value is -1.30. The Bertz CT molecular complexity index is 350. The summed E-state index contributed by atoms with van der Waals surface area (Å²) >= 11 is 0. The van der Waals surface area contributed by atoms with Crippen LogP contribution in [0.3, 0.4) is 0 Å². The zero-order valence-corrected chi connectivity index (χ0v) is 12.5. The minimum Gasteiger partial charge on any atom is -0.481 e. The molecule has 0 spiro atoms. The summed E-state index contributed by atoms with van der Waals surface area (Å²) in [5.41, 5.74) is -0.537. The molecule has 0 aromatic carbocycles. The molecule has 1 amide bonds. The van der Waals surface area contributed by atoms with E-state index in [4.69, 9.17) is 9.84 Å². The van der Waals surface area contributed by atoms with Gasteiger partial charge in [-0.15, -0.1) is 0 Å². The van der Waals surface area contributed by atoms with E-state index in [0.717, 1.165) is 0 Å². The van der Waals surface area contributed by atoms with Crippen LogP contribution in [-0.2, 0) is 9.53 Å². The largest absolute Gasteiger partial charge is 0.481 e. The summed E-state index contributed by atoms with van der Waals surface area (Å²) in [5.74, 6) is -0.927. The zero-order chi connectivity index (χ0) is 15.3. The number of aliphatic carboxylic acids is 1. The fraction of sp³-hybridized carbons (Fsp3) is 0.857.